The summed E-state index contributed by atoms with van der Waals surface area (Å²) < 4.78 is 15.8. The molecule has 0 saturated carbocycles. The van der Waals surface area contributed by atoms with Crippen LogP contribution in [0.4, 0.5) is 0 Å². The molecule has 0 heterocycles. The van der Waals surface area contributed by atoms with Crippen LogP contribution in [0.15, 0.2) is 24.3 Å². The topological polar surface area (TPSA) is 44.8 Å². The number of hydrogen-bond donors (Lipinski definition) is 0. The van der Waals surface area contributed by atoms with Crippen molar-refractivity contribution in [3.05, 3.63) is 29.8 Å². The Kier molecular flexibility index (Phi) is 6.97. The Balaban J connectivity index is 2.45. The van der Waals surface area contributed by atoms with Crippen molar-refractivity contribution in [2.75, 3.05) is 19.8 Å². The Morgan fingerprint density at radius 1 is 1.26 bits per heavy atom. The summed E-state index contributed by atoms with van der Waals surface area (Å²) in [4.78, 5) is 11.6. The molecule has 0 fully saturated rings. The molecular formula is C15H22O4. The molecule has 0 radical (unpaired) electrons. The van der Waals surface area contributed by atoms with Crippen LogP contribution in [-0.4, -0.2) is 31.9 Å². The maximum absolute atomic E-state index is 11.6. The molecule has 0 aliphatic rings. The van der Waals surface area contributed by atoms with Crippen molar-refractivity contribution in [3.63, 3.8) is 0 Å². The first kappa shape index (κ1) is 15.5. The maximum atomic E-state index is 11.6. The number of carbonyl (C=O) groups is 1. The molecule has 0 unspecified atom stereocenters. The van der Waals surface area contributed by atoms with Crippen molar-refractivity contribution in [2.24, 2.45) is 0 Å². The van der Waals surface area contributed by atoms with Gasteiger partial charge in [0.1, 0.15) is 12.4 Å². The van der Waals surface area contributed by atoms with E-state index in [1.807, 2.05) is 45.0 Å². The maximum Gasteiger partial charge on any atom is 0.310 e. The molecule has 1 rings (SSSR count). The summed E-state index contributed by atoms with van der Waals surface area (Å²) in [5, 5.41) is 0. The van der Waals surface area contributed by atoms with E-state index in [-0.39, 0.29) is 18.5 Å². The standard InChI is InChI=1S/C15H22O4/c1-4-17-8-9-18-14-7-5-6-13(10-14)11-15(16)19-12(2)3/h5-7,10,12H,4,8-9,11H2,1-3H3. The quantitative estimate of drug-likeness (QED) is 0.536. The van der Waals surface area contributed by atoms with Gasteiger partial charge in [-0.15, -0.1) is 0 Å². The second-order valence-corrected chi connectivity index (χ2v) is 4.41. The van der Waals surface area contributed by atoms with Gasteiger partial charge in [0.25, 0.3) is 0 Å². The van der Waals surface area contributed by atoms with Gasteiger partial charge in [-0.05, 0) is 38.5 Å². The summed E-state index contributed by atoms with van der Waals surface area (Å²) in [5.41, 5.74) is 0.888. The molecule has 0 amide bonds. The van der Waals surface area contributed by atoms with Crippen LogP contribution in [-0.2, 0) is 20.7 Å². The fourth-order valence-corrected chi connectivity index (χ4v) is 1.58. The Morgan fingerprint density at radius 2 is 2.05 bits per heavy atom. The number of esters is 1. The number of rotatable bonds is 8. The lowest BCUT2D eigenvalue weighted by atomic mass is 10.1. The largest absolute Gasteiger partial charge is 0.491 e. The van der Waals surface area contributed by atoms with Crippen molar-refractivity contribution in [1.29, 1.82) is 0 Å². The van der Waals surface area contributed by atoms with Crippen LogP contribution in [0.5, 0.6) is 5.75 Å². The fraction of sp³-hybridized carbons (Fsp3) is 0.533. The minimum Gasteiger partial charge on any atom is -0.491 e. The molecule has 19 heavy (non-hydrogen) atoms. The van der Waals surface area contributed by atoms with Crippen molar-refractivity contribution in [2.45, 2.75) is 33.3 Å². The molecule has 0 spiro atoms. The highest BCUT2D eigenvalue weighted by Gasteiger charge is 2.07. The van der Waals surface area contributed by atoms with Gasteiger partial charge in [0.05, 0.1) is 19.1 Å². The first-order valence-corrected chi connectivity index (χ1v) is 6.60. The zero-order valence-electron chi connectivity index (χ0n) is 11.8. The molecular weight excluding hydrogens is 244 g/mol. The van der Waals surface area contributed by atoms with E-state index < -0.39 is 0 Å². The lowest BCUT2D eigenvalue weighted by Gasteiger charge is -2.09. The Morgan fingerprint density at radius 3 is 2.74 bits per heavy atom. The van der Waals surface area contributed by atoms with Gasteiger partial charge >= 0.3 is 5.97 Å². The predicted molar refractivity (Wildman–Crippen MR) is 73.4 cm³/mol. The van der Waals surface area contributed by atoms with E-state index in [4.69, 9.17) is 14.2 Å². The molecule has 0 aliphatic heterocycles. The first-order valence-electron chi connectivity index (χ1n) is 6.60. The monoisotopic (exact) mass is 266 g/mol. The molecule has 0 saturated heterocycles. The molecule has 1 aromatic carbocycles. The third kappa shape index (κ3) is 6.82. The van der Waals surface area contributed by atoms with E-state index in [9.17, 15) is 4.79 Å². The van der Waals surface area contributed by atoms with Crippen LogP contribution >= 0.6 is 0 Å². The van der Waals surface area contributed by atoms with Gasteiger partial charge in [0, 0.05) is 6.61 Å². The number of benzene rings is 1. The van der Waals surface area contributed by atoms with Gasteiger partial charge in [-0.1, -0.05) is 12.1 Å². The summed E-state index contributed by atoms with van der Waals surface area (Å²) in [6.07, 6.45) is 0.180. The first-order chi connectivity index (χ1) is 9.11. The molecule has 0 aliphatic carbocycles. The van der Waals surface area contributed by atoms with E-state index >= 15 is 0 Å². The second kappa shape index (κ2) is 8.53. The van der Waals surface area contributed by atoms with Crippen LogP contribution in [0, 0.1) is 0 Å². The minimum atomic E-state index is -0.221. The van der Waals surface area contributed by atoms with E-state index in [0.29, 0.717) is 19.8 Å². The lowest BCUT2D eigenvalue weighted by molar-refractivity contribution is -0.146. The van der Waals surface area contributed by atoms with E-state index in [0.717, 1.165) is 11.3 Å². The molecule has 0 bridgehead atoms. The van der Waals surface area contributed by atoms with Gasteiger partial charge < -0.3 is 14.2 Å². The molecule has 4 nitrogen and oxygen atoms in total. The molecule has 0 N–H and O–H groups in total. The molecule has 106 valence electrons. The highest BCUT2D eigenvalue weighted by molar-refractivity contribution is 5.72. The van der Waals surface area contributed by atoms with Crippen LogP contribution < -0.4 is 4.74 Å². The summed E-state index contributed by atoms with van der Waals surface area (Å²) >= 11 is 0. The minimum absolute atomic E-state index is 0.0851. The summed E-state index contributed by atoms with van der Waals surface area (Å²) in [6.45, 7) is 7.38. The van der Waals surface area contributed by atoms with Crippen LogP contribution in [0.3, 0.4) is 0 Å². The summed E-state index contributed by atoms with van der Waals surface area (Å²) in [6, 6.07) is 7.47. The lowest BCUT2D eigenvalue weighted by Crippen LogP contribution is -2.13. The van der Waals surface area contributed by atoms with Crippen molar-refractivity contribution >= 4 is 5.97 Å². The predicted octanol–water partition coefficient (Wildman–Crippen LogP) is 2.60. The van der Waals surface area contributed by atoms with Crippen molar-refractivity contribution < 1.29 is 19.0 Å². The molecule has 4 heteroatoms. The average molecular weight is 266 g/mol. The van der Waals surface area contributed by atoms with Crippen LogP contribution in [0.1, 0.15) is 26.3 Å². The SMILES string of the molecule is CCOCCOc1cccc(CC(=O)OC(C)C)c1. The highest BCUT2D eigenvalue weighted by Crippen LogP contribution is 2.14. The Bertz CT molecular complexity index is 387. The molecule has 1 aromatic rings. The van der Waals surface area contributed by atoms with Gasteiger partial charge in [-0.25, -0.2) is 0 Å². The second-order valence-electron chi connectivity index (χ2n) is 4.41. The summed E-state index contributed by atoms with van der Waals surface area (Å²) in [5.74, 6) is 0.524. The van der Waals surface area contributed by atoms with Crippen LogP contribution in [0.2, 0.25) is 0 Å². The van der Waals surface area contributed by atoms with Gasteiger partial charge in [0.15, 0.2) is 0 Å². The summed E-state index contributed by atoms with van der Waals surface area (Å²) in [7, 11) is 0. The smallest absolute Gasteiger partial charge is 0.310 e. The third-order valence-corrected chi connectivity index (χ3v) is 2.31. The normalized spacial score (nSPS) is 10.5. The zero-order valence-corrected chi connectivity index (χ0v) is 11.8. The van der Waals surface area contributed by atoms with Gasteiger partial charge in [-0.2, -0.15) is 0 Å². The van der Waals surface area contributed by atoms with Crippen molar-refractivity contribution in [1.82, 2.24) is 0 Å². The highest BCUT2D eigenvalue weighted by atomic mass is 16.5. The molecule has 0 atom stereocenters. The zero-order chi connectivity index (χ0) is 14.1. The van der Waals surface area contributed by atoms with E-state index in [1.54, 1.807) is 0 Å². The number of hydrogen-bond acceptors (Lipinski definition) is 4. The number of carbonyl (C=O) groups excluding carboxylic acids is 1. The number of ether oxygens (including phenoxy) is 3. The molecule has 0 aromatic heterocycles. The fourth-order valence-electron chi connectivity index (χ4n) is 1.58. The van der Waals surface area contributed by atoms with E-state index in [2.05, 4.69) is 0 Å². The average Bonchev–Trinajstić information content (AvgIpc) is 2.34. The third-order valence-electron chi connectivity index (χ3n) is 2.31. The van der Waals surface area contributed by atoms with Gasteiger partial charge in [0.2, 0.25) is 0 Å². The Hall–Kier alpha value is -1.55. The van der Waals surface area contributed by atoms with Gasteiger partial charge in [-0.3, -0.25) is 4.79 Å². The van der Waals surface area contributed by atoms with Crippen molar-refractivity contribution in [3.8, 4) is 5.75 Å². The van der Waals surface area contributed by atoms with Crippen LogP contribution in [0.25, 0.3) is 0 Å². The van der Waals surface area contributed by atoms with E-state index in [1.165, 1.54) is 0 Å². The Labute approximate surface area is 114 Å².